The zero-order valence-electron chi connectivity index (χ0n) is 14.0. The van der Waals surface area contributed by atoms with Gasteiger partial charge in [0, 0.05) is 24.3 Å². The smallest absolute Gasteiger partial charge is 0.238 e. The molecule has 0 atom stereocenters. The van der Waals surface area contributed by atoms with Crippen LogP contribution in [0, 0.1) is 5.82 Å². The Morgan fingerprint density at radius 1 is 1.23 bits per heavy atom. The van der Waals surface area contributed by atoms with Gasteiger partial charge in [-0.3, -0.25) is 4.79 Å². The highest BCUT2D eigenvalue weighted by Crippen LogP contribution is 2.18. The molecule has 0 aliphatic carbocycles. The Kier molecular flexibility index (Phi) is 6.43. The van der Waals surface area contributed by atoms with E-state index in [1.807, 2.05) is 0 Å². The fourth-order valence-electron chi connectivity index (χ4n) is 2.19. The van der Waals surface area contributed by atoms with Crippen LogP contribution in [0.3, 0.4) is 0 Å². The summed E-state index contributed by atoms with van der Waals surface area (Å²) in [5.74, 6) is 1.86. The normalized spacial score (nSPS) is 10.8. The van der Waals surface area contributed by atoms with E-state index in [1.54, 1.807) is 36.0 Å². The summed E-state index contributed by atoms with van der Waals surface area (Å²) in [4.78, 5) is 17.1. The first-order valence-electron chi connectivity index (χ1n) is 8.22. The molecule has 1 aromatic carbocycles. The van der Waals surface area contributed by atoms with Crippen molar-refractivity contribution in [1.82, 2.24) is 15.5 Å². The zero-order chi connectivity index (χ0) is 18.2. The lowest BCUT2D eigenvalue weighted by Gasteiger charge is -2.04. The van der Waals surface area contributed by atoms with Gasteiger partial charge in [0.2, 0.25) is 17.6 Å². The molecule has 1 amide bonds. The minimum absolute atomic E-state index is 0.0606. The number of furan rings is 1. The number of carbonyl (C=O) groups excluding carboxylic acids is 1. The van der Waals surface area contributed by atoms with Gasteiger partial charge < -0.3 is 14.3 Å². The Bertz CT molecular complexity index is 819. The second kappa shape index (κ2) is 9.19. The number of hydrogen-bond acceptors (Lipinski definition) is 6. The highest BCUT2D eigenvalue weighted by molar-refractivity contribution is 7.99. The van der Waals surface area contributed by atoms with Crippen LogP contribution >= 0.6 is 11.8 Å². The minimum atomic E-state index is -0.237. The molecule has 0 fully saturated rings. The quantitative estimate of drug-likeness (QED) is 0.454. The van der Waals surface area contributed by atoms with E-state index in [9.17, 15) is 9.18 Å². The molecule has 0 unspecified atom stereocenters. The van der Waals surface area contributed by atoms with Crippen molar-refractivity contribution in [3.05, 3.63) is 54.4 Å². The van der Waals surface area contributed by atoms with Crippen LogP contribution in [0.5, 0.6) is 0 Å². The molecule has 0 spiro atoms. The molecule has 0 aliphatic rings. The minimum Gasteiger partial charge on any atom is -0.461 e. The van der Waals surface area contributed by atoms with E-state index in [0.29, 0.717) is 30.4 Å². The van der Waals surface area contributed by atoms with Gasteiger partial charge in [-0.1, -0.05) is 5.16 Å². The molecule has 1 N–H and O–H groups in total. The molecule has 3 aromatic rings. The molecule has 0 bridgehead atoms. The first-order chi connectivity index (χ1) is 12.7. The van der Waals surface area contributed by atoms with Crippen LogP contribution in [0.15, 0.2) is 56.5 Å². The molecule has 136 valence electrons. The van der Waals surface area contributed by atoms with Crippen molar-refractivity contribution in [2.75, 3.05) is 12.3 Å². The number of carbonyl (C=O) groups is 1. The number of nitrogens with one attached hydrogen (secondary N) is 1. The van der Waals surface area contributed by atoms with Gasteiger partial charge in [-0.05, 0) is 48.6 Å². The first-order valence-corrected chi connectivity index (χ1v) is 9.21. The summed E-state index contributed by atoms with van der Waals surface area (Å²) in [7, 11) is 0. The Labute approximate surface area is 154 Å². The van der Waals surface area contributed by atoms with Gasteiger partial charge >= 0.3 is 0 Å². The largest absolute Gasteiger partial charge is 0.461 e. The van der Waals surface area contributed by atoms with Gasteiger partial charge in [-0.25, -0.2) is 4.39 Å². The molecule has 3 rings (SSSR count). The van der Waals surface area contributed by atoms with Crippen LogP contribution in [0.4, 0.5) is 4.39 Å². The molecular weight excluding hydrogens is 357 g/mol. The zero-order valence-corrected chi connectivity index (χ0v) is 14.8. The van der Waals surface area contributed by atoms with Gasteiger partial charge in [0.15, 0.2) is 5.76 Å². The molecule has 8 heteroatoms. The lowest BCUT2D eigenvalue weighted by atomic mass is 10.3. The Morgan fingerprint density at radius 2 is 2.08 bits per heavy atom. The van der Waals surface area contributed by atoms with Crippen molar-refractivity contribution in [1.29, 1.82) is 0 Å². The second-order valence-corrected chi connectivity index (χ2v) is 6.66. The predicted octanol–water partition coefficient (Wildman–Crippen LogP) is 3.70. The third-order valence-electron chi connectivity index (χ3n) is 3.50. The van der Waals surface area contributed by atoms with Crippen LogP contribution in [-0.4, -0.2) is 28.3 Å². The number of amides is 1. The van der Waals surface area contributed by atoms with Crippen LogP contribution in [0.25, 0.3) is 11.6 Å². The number of aryl methyl sites for hydroxylation is 1. The summed E-state index contributed by atoms with van der Waals surface area (Å²) in [6.07, 6.45) is 3.03. The summed E-state index contributed by atoms with van der Waals surface area (Å²) in [6.45, 7) is 0.592. The van der Waals surface area contributed by atoms with E-state index in [0.717, 1.165) is 17.1 Å². The SMILES string of the molecule is O=C(CCc1nc(-c2ccco2)no1)NCCCSc1ccc(F)cc1. The number of aromatic nitrogens is 2. The van der Waals surface area contributed by atoms with E-state index in [-0.39, 0.29) is 18.1 Å². The maximum Gasteiger partial charge on any atom is 0.238 e. The van der Waals surface area contributed by atoms with Gasteiger partial charge in [-0.15, -0.1) is 11.8 Å². The van der Waals surface area contributed by atoms with Crippen LogP contribution in [0.1, 0.15) is 18.7 Å². The number of benzene rings is 1. The molecule has 2 heterocycles. The fourth-order valence-corrected chi connectivity index (χ4v) is 3.04. The monoisotopic (exact) mass is 375 g/mol. The Hall–Kier alpha value is -2.61. The highest BCUT2D eigenvalue weighted by atomic mass is 32.2. The molecule has 2 aromatic heterocycles. The molecule has 0 aliphatic heterocycles. The molecular formula is C18H18FN3O3S. The number of halogens is 1. The molecule has 0 saturated carbocycles. The molecule has 6 nitrogen and oxygen atoms in total. The van der Waals surface area contributed by atoms with Gasteiger partial charge in [0.1, 0.15) is 5.82 Å². The first kappa shape index (κ1) is 18.2. The predicted molar refractivity (Wildman–Crippen MR) is 95.1 cm³/mol. The topological polar surface area (TPSA) is 81.2 Å². The van der Waals surface area contributed by atoms with Crippen LogP contribution in [-0.2, 0) is 11.2 Å². The van der Waals surface area contributed by atoms with E-state index in [4.69, 9.17) is 8.94 Å². The number of thioether (sulfide) groups is 1. The number of rotatable bonds is 9. The molecule has 26 heavy (non-hydrogen) atoms. The van der Waals surface area contributed by atoms with E-state index in [1.165, 1.54) is 18.4 Å². The lowest BCUT2D eigenvalue weighted by molar-refractivity contribution is -0.121. The number of nitrogens with zero attached hydrogens (tertiary/aromatic N) is 2. The van der Waals surface area contributed by atoms with Crippen molar-refractivity contribution in [2.24, 2.45) is 0 Å². The van der Waals surface area contributed by atoms with Crippen molar-refractivity contribution < 1.29 is 18.1 Å². The summed E-state index contributed by atoms with van der Waals surface area (Å²) in [6, 6.07) is 9.87. The standard InChI is InChI=1S/C18H18FN3O3S/c19-13-4-6-14(7-5-13)26-12-2-10-20-16(23)8-9-17-21-18(22-25-17)15-3-1-11-24-15/h1,3-7,11H,2,8-10,12H2,(H,20,23). The van der Waals surface area contributed by atoms with Crippen molar-refractivity contribution in [3.63, 3.8) is 0 Å². The maximum absolute atomic E-state index is 12.8. The lowest BCUT2D eigenvalue weighted by Crippen LogP contribution is -2.25. The highest BCUT2D eigenvalue weighted by Gasteiger charge is 2.12. The van der Waals surface area contributed by atoms with E-state index < -0.39 is 0 Å². The summed E-state index contributed by atoms with van der Waals surface area (Å²) in [5.41, 5.74) is 0. The van der Waals surface area contributed by atoms with Gasteiger partial charge in [0.25, 0.3) is 0 Å². The van der Waals surface area contributed by atoms with Gasteiger partial charge in [-0.2, -0.15) is 4.98 Å². The van der Waals surface area contributed by atoms with E-state index in [2.05, 4.69) is 15.5 Å². The average Bonchev–Trinajstić information content (AvgIpc) is 3.33. The molecule has 0 saturated heterocycles. The Morgan fingerprint density at radius 3 is 2.85 bits per heavy atom. The second-order valence-electron chi connectivity index (χ2n) is 5.49. The van der Waals surface area contributed by atoms with Gasteiger partial charge in [0.05, 0.1) is 6.26 Å². The van der Waals surface area contributed by atoms with Crippen LogP contribution in [0.2, 0.25) is 0 Å². The molecule has 0 radical (unpaired) electrons. The van der Waals surface area contributed by atoms with Crippen molar-refractivity contribution in [3.8, 4) is 11.6 Å². The van der Waals surface area contributed by atoms with Crippen molar-refractivity contribution in [2.45, 2.75) is 24.2 Å². The fraction of sp³-hybridized carbons (Fsp3) is 0.278. The summed E-state index contributed by atoms with van der Waals surface area (Å²) >= 11 is 1.63. The summed E-state index contributed by atoms with van der Waals surface area (Å²) in [5, 5.41) is 6.68. The Balaban J connectivity index is 1.30. The van der Waals surface area contributed by atoms with Crippen molar-refractivity contribution >= 4 is 17.7 Å². The van der Waals surface area contributed by atoms with E-state index >= 15 is 0 Å². The average molecular weight is 375 g/mol. The third-order valence-corrected chi connectivity index (χ3v) is 4.60. The number of hydrogen-bond donors (Lipinski definition) is 1. The third kappa shape index (κ3) is 5.45. The summed E-state index contributed by atoms with van der Waals surface area (Å²) < 4.78 is 23.1. The van der Waals surface area contributed by atoms with Crippen LogP contribution < -0.4 is 5.32 Å². The maximum atomic E-state index is 12.8.